The molecule has 0 radical (unpaired) electrons. The number of hydrogen-bond donors (Lipinski definition) is 2. The number of allylic oxidation sites excluding steroid dienone is 2. The van der Waals surface area contributed by atoms with Crippen molar-refractivity contribution in [3.8, 4) is 0 Å². The second-order valence-corrected chi connectivity index (χ2v) is 21.2. The monoisotopic (exact) mass is 418 g/mol. The topological polar surface area (TPSA) is 49.8 Å². The van der Waals surface area contributed by atoms with Crippen LogP contribution in [0.4, 0.5) is 0 Å². The summed E-state index contributed by atoms with van der Waals surface area (Å²) in [6.45, 7) is 27.4. The van der Waals surface area contributed by atoms with Crippen LogP contribution in [0.15, 0.2) is 23.8 Å². The van der Waals surface area contributed by atoms with Gasteiger partial charge in [-0.3, -0.25) is 9.97 Å². The molecule has 158 valence electrons. The lowest BCUT2D eigenvalue weighted by Crippen LogP contribution is -2.44. The van der Waals surface area contributed by atoms with Crippen LogP contribution in [0.1, 0.15) is 52.9 Å². The van der Waals surface area contributed by atoms with Crippen molar-refractivity contribution in [2.75, 3.05) is 0 Å². The molecule has 1 aromatic heterocycles. The predicted molar refractivity (Wildman–Crippen MR) is 130 cm³/mol. The molecule has 2 N–H and O–H groups in total. The lowest BCUT2D eigenvalue weighted by atomic mass is 9.90. The van der Waals surface area contributed by atoms with Gasteiger partial charge in [0.15, 0.2) is 0 Å². The van der Waals surface area contributed by atoms with Crippen LogP contribution in [0.3, 0.4) is 0 Å². The molecule has 0 aliphatic heterocycles. The fourth-order valence-corrected chi connectivity index (χ4v) is 5.05. The van der Waals surface area contributed by atoms with Gasteiger partial charge in [-0.15, -0.1) is 0 Å². The van der Waals surface area contributed by atoms with Crippen LogP contribution < -0.4 is 9.96 Å². The van der Waals surface area contributed by atoms with E-state index in [0.717, 1.165) is 11.4 Å². The molecule has 0 bridgehead atoms. The smallest absolute Gasteiger partial charge is 0.144 e. The maximum atomic E-state index is 4.67. The van der Waals surface area contributed by atoms with Crippen LogP contribution in [-0.4, -0.2) is 26.4 Å². The van der Waals surface area contributed by atoms with E-state index in [2.05, 4.69) is 113 Å². The van der Waals surface area contributed by atoms with Gasteiger partial charge in [-0.25, -0.2) is 0 Å². The van der Waals surface area contributed by atoms with Gasteiger partial charge in [-0.1, -0.05) is 80.8 Å². The van der Waals surface area contributed by atoms with Crippen molar-refractivity contribution in [1.82, 2.24) is 19.9 Å². The van der Waals surface area contributed by atoms with Gasteiger partial charge in [0.2, 0.25) is 0 Å². The highest BCUT2D eigenvalue weighted by Gasteiger charge is 2.25. The molecule has 28 heavy (non-hydrogen) atoms. The molecule has 1 aromatic rings. The minimum atomic E-state index is -1.48. The summed E-state index contributed by atoms with van der Waals surface area (Å²) in [5.41, 5.74) is 4.30. The fourth-order valence-electron chi connectivity index (χ4n) is 2.54. The van der Waals surface area contributed by atoms with Gasteiger partial charge < -0.3 is 9.96 Å². The molecular formula is C22H42N4Si2. The van der Waals surface area contributed by atoms with E-state index in [1.807, 2.05) is 0 Å². The van der Waals surface area contributed by atoms with E-state index < -0.39 is 16.5 Å². The van der Waals surface area contributed by atoms with Gasteiger partial charge in [-0.05, 0) is 12.2 Å². The zero-order chi connectivity index (χ0) is 22.0. The summed E-state index contributed by atoms with van der Waals surface area (Å²) in [5.74, 6) is 0. The van der Waals surface area contributed by atoms with E-state index in [0.29, 0.717) is 0 Å². The lowest BCUT2D eigenvalue weighted by Gasteiger charge is -2.32. The minimum absolute atomic E-state index is 0.0161. The molecule has 0 amide bonds. The molecule has 1 rings (SSSR count). The standard InChI is InChI=1S/C22H42N4Si2/c1-21(2,3)19(25-27(7,8)9)15-17-18(24-14-13-23-17)16-20(22(4,5)6)26-28(10,11)12/h13-16,25-26H,1-12H3/b19-15+,20-16+. The quantitative estimate of drug-likeness (QED) is 0.548. The maximum Gasteiger partial charge on any atom is 0.144 e. The van der Waals surface area contributed by atoms with Crippen LogP contribution in [-0.2, 0) is 0 Å². The van der Waals surface area contributed by atoms with Crippen molar-refractivity contribution in [1.29, 1.82) is 0 Å². The summed E-state index contributed by atoms with van der Waals surface area (Å²) >= 11 is 0. The van der Waals surface area contributed by atoms with Crippen molar-refractivity contribution in [3.63, 3.8) is 0 Å². The SMILES string of the molecule is CC(C)(C)/C(=C\c1nccnc1/C=C(/N[Si](C)(C)C)C(C)(C)C)N[Si](C)(C)C. The van der Waals surface area contributed by atoms with Crippen LogP contribution in [0, 0.1) is 10.8 Å². The Kier molecular flexibility index (Phi) is 7.51. The van der Waals surface area contributed by atoms with E-state index in [9.17, 15) is 0 Å². The van der Waals surface area contributed by atoms with Crippen LogP contribution in [0.25, 0.3) is 12.2 Å². The molecule has 6 heteroatoms. The van der Waals surface area contributed by atoms with Crippen molar-refractivity contribution >= 4 is 28.6 Å². The van der Waals surface area contributed by atoms with Gasteiger partial charge in [0.05, 0.1) is 11.4 Å². The van der Waals surface area contributed by atoms with Crippen LogP contribution >= 0.6 is 0 Å². The highest BCUT2D eigenvalue weighted by molar-refractivity contribution is 6.74. The highest BCUT2D eigenvalue weighted by atomic mass is 28.3. The molecule has 0 aliphatic rings. The van der Waals surface area contributed by atoms with E-state index in [1.54, 1.807) is 12.4 Å². The van der Waals surface area contributed by atoms with Gasteiger partial charge in [0, 0.05) is 34.6 Å². The minimum Gasteiger partial charge on any atom is -0.414 e. The van der Waals surface area contributed by atoms with Crippen molar-refractivity contribution < 1.29 is 0 Å². The first-order valence-electron chi connectivity index (χ1n) is 10.2. The normalized spacial score (nSPS) is 14.9. The number of aromatic nitrogens is 2. The second-order valence-electron chi connectivity index (χ2n) is 11.7. The zero-order valence-electron chi connectivity index (χ0n) is 20.2. The average Bonchev–Trinajstić information content (AvgIpc) is 2.43. The molecule has 0 aromatic carbocycles. The Morgan fingerprint density at radius 2 is 0.964 bits per heavy atom. The summed E-state index contributed by atoms with van der Waals surface area (Å²) in [6, 6.07) is 0. The van der Waals surface area contributed by atoms with E-state index in [-0.39, 0.29) is 10.8 Å². The number of nitrogens with one attached hydrogen (secondary N) is 2. The van der Waals surface area contributed by atoms with Crippen molar-refractivity contribution in [2.24, 2.45) is 10.8 Å². The fraction of sp³-hybridized carbons (Fsp3) is 0.636. The number of rotatable bonds is 6. The maximum absolute atomic E-state index is 4.67. The molecule has 1 heterocycles. The van der Waals surface area contributed by atoms with E-state index in [1.165, 1.54) is 11.4 Å². The zero-order valence-corrected chi connectivity index (χ0v) is 22.2. The summed E-state index contributed by atoms with van der Waals surface area (Å²) in [6.07, 6.45) is 7.93. The van der Waals surface area contributed by atoms with Gasteiger partial charge in [0.1, 0.15) is 16.5 Å². The van der Waals surface area contributed by atoms with Crippen molar-refractivity contribution in [2.45, 2.75) is 80.8 Å². The first-order chi connectivity index (χ1) is 12.4. The Labute approximate surface area is 175 Å². The Balaban J connectivity index is 3.53. The van der Waals surface area contributed by atoms with Crippen molar-refractivity contribution in [3.05, 3.63) is 35.2 Å². The third-order valence-electron chi connectivity index (χ3n) is 3.95. The average molecular weight is 419 g/mol. The van der Waals surface area contributed by atoms with Gasteiger partial charge in [-0.2, -0.15) is 0 Å². The molecule has 0 saturated carbocycles. The Morgan fingerprint density at radius 1 is 0.679 bits per heavy atom. The molecule has 0 spiro atoms. The Bertz CT molecular complexity index is 662. The summed E-state index contributed by atoms with van der Waals surface area (Å²) in [5, 5.41) is 0. The number of hydrogen-bond acceptors (Lipinski definition) is 4. The summed E-state index contributed by atoms with van der Waals surface area (Å²) < 4.78 is 0. The van der Waals surface area contributed by atoms with Gasteiger partial charge in [0.25, 0.3) is 0 Å². The van der Waals surface area contributed by atoms with E-state index >= 15 is 0 Å². The first-order valence-corrected chi connectivity index (χ1v) is 17.2. The van der Waals surface area contributed by atoms with Crippen LogP contribution in [0.2, 0.25) is 39.3 Å². The Hall–Kier alpha value is -1.41. The molecular weight excluding hydrogens is 376 g/mol. The molecule has 0 aliphatic carbocycles. The lowest BCUT2D eigenvalue weighted by molar-refractivity contribution is 0.487. The first kappa shape index (κ1) is 24.6. The summed E-state index contributed by atoms with van der Waals surface area (Å²) in [4.78, 5) is 16.9. The second kappa shape index (κ2) is 8.53. The van der Waals surface area contributed by atoms with Gasteiger partial charge >= 0.3 is 0 Å². The Morgan fingerprint density at radius 3 is 1.18 bits per heavy atom. The molecule has 4 nitrogen and oxygen atoms in total. The molecule has 0 fully saturated rings. The highest BCUT2D eigenvalue weighted by Crippen LogP contribution is 2.29. The molecule has 0 atom stereocenters. The predicted octanol–water partition coefficient (Wildman–Crippen LogP) is 6.10. The molecule has 0 unspecified atom stereocenters. The summed E-state index contributed by atoms with van der Waals surface area (Å²) in [7, 11) is -2.97. The third-order valence-corrected chi connectivity index (χ3v) is 5.99. The largest absolute Gasteiger partial charge is 0.414 e. The van der Waals surface area contributed by atoms with Crippen LogP contribution in [0.5, 0.6) is 0 Å². The third kappa shape index (κ3) is 8.73. The van der Waals surface area contributed by atoms with E-state index in [4.69, 9.17) is 0 Å². The molecule has 0 saturated heterocycles. The number of nitrogens with zero attached hydrogens (tertiary/aromatic N) is 2.